The first-order valence-electron chi connectivity index (χ1n) is 6.42. The first kappa shape index (κ1) is 13.5. The van der Waals surface area contributed by atoms with Gasteiger partial charge in [0.1, 0.15) is 0 Å². The minimum atomic E-state index is -0.230. The van der Waals surface area contributed by atoms with E-state index in [4.69, 9.17) is 5.73 Å². The quantitative estimate of drug-likeness (QED) is 0.703. The number of piperidine rings is 1. The third-order valence-electron chi connectivity index (χ3n) is 3.34. The monoisotopic (exact) mass is 227 g/mol. The number of nitrogens with two attached hydrogens (primary N) is 1. The number of nitrogens with one attached hydrogen (secondary N) is 1. The molecule has 0 aromatic rings. The zero-order valence-electron chi connectivity index (χ0n) is 10.5. The summed E-state index contributed by atoms with van der Waals surface area (Å²) in [6.07, 6.45) is 4.81. The lowest BCUT2D eigenvalue weighted by atomic mass is 10.0. The fourth-order valence-corrected chi connectivity index (χ4v) is 2.24. The standard InChI is InChI=1S/C12H25N3O/c1-3-7-14-11(12(13)16)9-15-8-5-4-6-10(15)2/h10-11,14H,3-9H2,1-2H3,(H2,13,16). The first-order valence-corrected chi connectivity index (χ1v) is 6.42. The van der Waals surface area contributed by atoms with Crippen molar-refractivity contribution in [3.8, 4) is 0 Å². The van der Waals surface area contributed by atoms with Crippen molar-refractivity contribution < 1.29 is 4.79 Å². The molecule has 0 spiro atoms. The smallest absolute Gasteiger partial charge is 0.235 e. The molecule has 1 amide bonds. The van der Waals surface area contributed by atoms with Crippen LogP contribution in [0.25, 0.3) is 0 Å². The molecule has 0 aromatic carbocycles. The van der Waals surface area contributed by atoms with Crippen LogP contribution in [0.15, 0.2) is 0 Å². The number of carbonyl (C=O) groups excluding carboxylic acids is 1. The maximum atomic E-state index is 11.3. The Labute approximate surface area is 98.6 Å². The number of hydrogen-bond donors (Lipinski definition) is 2. The minimum Gasteiger partial charge on any atom is -0.368 e. The van der Waals surface area contributed by atoms with E-state index >= 15 is 0 Å². The molecule has 1 aliphatic heterocycles. The molecule has 0 radical (unpaired) electrons. The molecule has 94 valence electrons. The Bertz CT molecular complexity index is 220. The van der Waals surface area contributed by atoms with Crippen LogP contribution in [0.2, 0.25) is 0 Å². The van der Waals surface area contributed by atoms with Crippen LogP contribution in [0, 0.1) is 0 Å². The lowest BCUT2D eigenvalue weighted by molar-refractivity contribution is -0.120. The summed E-state index contributed by atoms with van der Waals surface area (Å²) in [6, 6.07) is 0.388. The van der Waals surface area contributed by atoms with Gasteiger partial charge in [-0.3, -0.25) is 9.69 Å². The van der Waals surface area contributed by atoms with Gasteiger partial charge >= 0.3 is 0 Å². The summed E-state index contributed by atoms with van der Waals surface area (Å²) in [5.74, 6) is -0.230. The largest absolute Gasteiger partial charge is 0.368 e. The molecule has 0 bridgehead atoms. The van der Waals surface area contributed by atoms with Crippen LogP contribution in [0.4, 0.5) is 0 Å². The zero-order valence-corrected chi connectivity index (χ0v) is 10.5. The van der Waals surface area contributed by atoms with Crippen LogP contribution in [-0.4, -0.2) is 42.5 Å². The molecule has 4 nitrogen and oxygen atoms in total. The van der Waals surface area contributed by atoms with Gasteiger partial charge in [0.2, 0.25) is 5.91 Å². The summed E-state index contributed by atoms with van der Waals surface area (Å²) in [4.78, 5) is 13.7. The summed E-state index contributed by atoms with van der Waals surface area (Å²) in [5, 5.41) is 3.22. The highest BCUT2D eigenvalue weighted by Gasteiger charge is 2.23. The fourth-order valence-electron chi connectivity index (χ4n) is 2.24. The molecule has 2 atom stereocenters. The predicted octanol–water partition coefficient (Wildman–Crippen LogP) is 0.714. The number of primary amides is 1. The van der Waals surface area contributed by atoms with E-state index in [-0.39, 0.29) is 11.9 Å². The van der Waals surface area contributed by atoms with Gasteiger partial charge in [0, 0.05) is 12.6 Å². The lowest BCUT2D eigenvalue weighted by Crippen LogP contribution is -2.52. The highest BCUT2D eigenvalue weighted by atomic mass is 16.1. The summed E-state index contributed by atoms with van der Waals surface area (Å²) >= 11 is 0. The molecule has 0 saturated carbocycles. The summed E-state index contributed by atoms with van der Waals surface area (Å²) in [5.41, 5.74) is 5.41. The van der Waals surface area contributed by atoms with Crippen molar-refractivity contribution in [2.24, 2.45) is 5.73 Å². The third kappa shape index (κ3) is 4.10. The van der Waals surface area contributed by atoms with Crippen molar-refractivity contribution in [1.29, 1.82) is 0 Å². The molecule has 4 heteroatoms. The first-order chi connectivity index (χ1) is 7.65. The molecule has 2 unspecified atom stereocenters. The van der Waals surface area contributed by atoms with Gasteiger partial charge in [-0.2, -0.15) is 0 Å². The average molecular weight is 227 g/mol. The Morgan fingerprint density at radius 2 is 2.31 bits per heavy atom. The van der Waals surface area contributed by atoms with Crippen molar-refractivity contribution >= 4 is 5.91 Å². The molecule has 1 saturated heterocycles. The average Bonchev–Trinajstić information content (AvgIpc) is 2.26. The Hall–Kier alpha value is -0.610. The summed E-state index contributed by atoms with van der Waals surface area (Å²) in [7, 11) is 0. The fraction of sp³-hybridized carbons (Fsp3) is 0.917. The Morgan fingerprint density at radius 1 is 1.56 bits per heavy atom. The molecule has 0 aromatic heterocycles. The van der Waals surface area contributed by atoms with Gasteiger partial charge in [0.15, 0.2) is 0 Å². The number of rotatable bonds is 6. The molecule has 3 N–H and O–H groups in total. The van der Waals surface area contributed by atoms with Crippen LogP contribution >= 0.6 is 0 Å². The van der Waals surface area contributed by atoms with Crippen molar-refractivity contribution in [3.63, 3.8) is 0 Å². The lowest BCUT2D eigenvalue weighted by Gasteiger charge is -2.35. The van der Waals surface area contributed by atoms with Crippen LogP contribution in [-0.2, 0) is 4.79 Å². The van der Waals surface area contributed by atoms with Gasteiger partial charge in [-0.05, 0) is 39.3 Å². The molecule has 1 aliphatic rings. The van der Waals surface area contributed by atoms with Gasteiger partial charge in [-0.1, -0.05) is 13.3 Å². The number of amides is 1. The molecule has 1 rings (SSSR count). The van der Waals surface area contributed by atoms with E-state index < -0.39 is 0 Å². The van der Waals surface area contributed by atoms with Crippen LogP contribution in [0.1, 0.15) is 39.5 Å². The van der Waals surface area contributed by atoms with Crippen LogP contribution in [0.3, 0.4) is 0 Å². The maximum absolute atomic E-state index is 11.3. The number of nitrogens with zero attached hydrogens (tertiary/aromatic N) is 1. The number of likely N-dealkylation sites (tertiary alicyclic amines) is 1. The van der Waals surface area contributed by atoms with Crippen LogP contribution < -0.4 is 11.1 Å². The molecule has 0 aliphatic carbocycles. The Kier molecular flexibility index (Phi) is 5.77. The van der Waals surface area contributed by atoms with E-state index in [0.717, 1.165) is 26.1 Å². The van der Waals surface area contributed by atoms with Gasteiger partial charge < -0.3 is 11.1 Å². The normalized spacial score (nSPS) is 24.2. The molecule has 1 fully saturated rings. The molecule has 16 heavy (non-hydrogen) atoms. The van der Waals surface area contributed by atoms with E-state index in [1.807, 2.05) is 0 Å². The van der Waals surface area contributed by atoms with Crippen molar-refractivity contribution in [1.82, 2.24) is 10.2 Å². The van der Waals surface area contributed by atoms with Gasteiger partial charge in [0.05, 0.1) is 6.04 Å². The predicted molar refractivity (Wildman–Crippen MR) is 66.2 cm³/mol. The second-order valence-electron chi connectivity index (χ2n) is 4.75. The second-order valence-corrected chi connectivity index (χ2v) is 4.75. The highest BCUT2D eigenvalue weighted by Crippen LogP contribution is 2.16. The second kappa shape index (κ2) is 6.86. The van der Waals surface area contributed by atoms with Crippen molar-refractivity contribution in [2.75, 3.05) is 19.6 Å². The van der Waals surface area contributed by atoms with Crippen molar-refractivity contribution in [3.05, 3.63) is 0 Å². The van der Waals surface area contributed by atoms with Gasteiger partial charge in [-0.15, -0.1) is 0 Å². The van der Waals surface area contributed by atoms with Gasteiger partial charge in [-0.25, -0.2) is 0 Å². The van der Waals surface area contributed by atoms with E-state index in [1.165, 1.54) is 19.3 Å². The van der Waals surface area contributed by atoms with E-state index in [1.54, 1.807) is 0 Å². The number of hydrogen-bond acceptors (Lipinski definition) is 3. The number of carbonyl (C=O) groups is 1. The summed E-state index contributed by atoms with van der Waals surface area (Å²) in [6.45, 7) is 7.04. The topological polar surface area (TPSA) is 58.4 Å². The molecule has 1 heterocycles. The zero-order chi connectivity index (χ0) is 12.0. The highest BCUT2D eigenvalue weighted by molar-refractivity contribution is 5.80. The summed E-state index contributed by atoms with van der Waals surface area (Å²) < 4.78 is 0. The molecular formula is C12H25N3O. The molecular weight excluding hydrogens is 202 g/mol. The van der Waals surface area contributed by atoms with Crippen molar-refractivity contribution in [2.45, 2.75) is 51.6 Å². The van der Waals surface area contributed by atoms with E-state index in [9.17, 15) is 4.79 Å². The Morgan fingerprint density at radius 3 is 2.88 bits per heavy atom. The maximum Gasteiger partial charge on any atom is 0.235 e. The third-order valence-corrected chi connectivity index (χ3v) is 3.34. The van der Waals surface area contributed by atoms with E-state index in [0.29, 0.717) is 6.04 Å². The Balaban J connectivity index is 2.42. The van der Waals surface area contributed by atoms with E-state index in [2.05, 4.69) is 24.1 Å². The van der Waals surface area contributed by atoms with Gasteiger partial charge in [0.25, 0.3) is 0 Å². The SMILES string of the molecule is CCCNC(CN1CCCCC1C)C(N)=O. The van der Waals surface area contributed by atoms with Crippen LogP contribution in [0.5, 0.6) is 0 Å². The minimum absolute atomic E-state index is 0.194.